The second-order valence-electron chi connectivity index (χ2n) is 5.41. The van der Waals surface area contributed by atoms with Crippen LogP contribution in [0.15, 0.2) is 24.3 Å². The van der Waals surface area contributed by atoms with E-state index in [9.17, 15) is 4.79 Å². The lowest BCUT2D eigenvalue weighted by atomic mass is 9.84. The topological polar surface area (TPSA) is 37.3 Å². The standard InChI is InChI=1S/C15H18O2S/c16-15(17)7-14(10-5-6-10)13-4-2-1-3-12(13)11-8-18-9-11/h1-4,10-11,14H,5-9H2,(H,16,17). The van der Waals surface area contributed by atoms with Crippen molar-refractivity contribution in [3.8, 4) is 0 Å². The molecule has 0 bridgehead atoms. The second kappa shape index (κ2) is 4.96. The zero-order chi connectivity index (χ0) is 12.5. The molecule has 3 rings (SSSR count). The van der Waals surface area contributed by atoms with E-state index in [4.69, 9.17) is 5.11 Å². The highest BCUT2D eigenvalue weighted by Gasteiger charge is 2.36. The molecule has 2 aliphatic rings. The number of thioether (sulfide) groups is 1. The SMILES string of the molecule is O=C(O)CC(c1ccccc1C1CSC1)C1CC1. The van der Waals surface area contributed by atoms with Crippen LogP contribution in [0.2, 0.25) is 0 Å². The Bertz CT molecular complexity index is 450. The summed E-state index contributed by atoms with van der Waals surface area (Å²) in [4.78, 5) is 11.1. The molecular weight excluding hydrogens is 244 g/mol. The maximum Gasteiger partial charge on any atom is 0.303 e. The Morgan fingerprint density at radius 2 is 2.06 bits per heavy atom. The van der Waals surface area contributed by atoms with E-state index in [1.54, 1.807) is 0 Å². The number of hydrogen-bond acceptors (Lipinski definition) is 2. The lowest BCUT2D eigenvalue weighted by Crippen LogP contribution is -2.19. The van der Waals surface area contributed by atoms with E-state index >= 15 is 0 Å². The van der Waals surface area contributed by atoms with Gasteiger partial charge in [0, 0.05) is 17.4 Å². The van der Waals surface area contributed by atoms with Crippen molar-refractivity contribution >= 4 is 17.7 Å². The number of carboxylic acids is 1. The average molecular weight is 262 g/mol. The fourth-order valence-corrected chi connectivity index (χ4v) is 3.68. The van der Waals surface area contributed by atoms with Gasteiger partial charge in [-0.05, 0) is 35.8 Å². The van der Waals surface area contributed by atoms with Crippen LogP contribution < -0.4 is 0 Å². The van der Waals surface area contributed by atoms with E-state index < -0.39 is 5.97 Å². The van der Waals surface area contributed by atoms with E-state index in [1.165, 1.54) is 35.5 Å². The molecule has 1 aliphatic carbocycles. The highest BCUT2D eigenvalue weighted by atomic mass is 32.2. The van der Waals surface area contributed by atoms with Crippen LogP contribution in [0.4, 0.5) is 0 Å². The van der Waals surface area contributed by atoms with Crippen molar-refractivity contribution in [3.05, 3.63) is 35.4 Å². The highest BCUT2D eigenvalue weighted by Crippen LogP contribution is 2.47. The predicted molar refractivity (Wildman–Crippen MR) is 74.2 cm³/mol. The summed E-state index contributed by atoms with van der Waals surface area (Å²) >= 11 is 1.98. The van der Waals surface area contributed by atoms with Gasteiger partial charge >= 0.3 is 5.97 Å². The van der Waals surface area contributed by atoms with Crippen LogP contribution >= 0.6 is 11.8 Å². The van der Waals surface area contributed by atoms with E-state index in [0.29, 0.717) is 18.3 Å². The van der Waals surface area contributed by atoms with Gasteiger partial charge in [0.1, 0.15) is 0 Å². The number of rotatable bonds is 5. The molecular formula is C15H18O2S. The summed E-state index contributed by atoms with van der Waals surface area (Å²) in [6, 6.07) is 8.51. The minimum absolute atomic E-state index is 0.240. The van der Waals surface area contributed by atoms with Crippen molar-refractivity contribution in [3.63, 3.8) is 0 Å². The smallest absolute Gasteiger partial charge is 0.303 e. The number of carboxylic acid groups (broad SMARTS) is 1. The largest absolute Gasteiger partial charge is 0.481 e. The molecule has 1 aliphatic heterocycles. The summed E-state index contributed by atoms with van der Waals surface area (Å²) in [5.74, 6) is 3.23. The van der Waals surface area contributed by atoms with Crippen LogP contribution in [-0.2, 0) is 4.79 Å². The Morgan fingerprint density at radius 1 is 1.33 bits per heavy atom. The van der Waals surface area contributed by atoms with Gasteiger partial charge in [-0.3, -0.25) is 4.79 Å². The third-order valence-corrected chi connectivity index (χ3v) is 5.34. The van der Waals surface area contributed by atoms with Crippen LogP contribution in [0.3, 0.4) is 0 Å². The van der Waals surface area contributed by atoms with Crippen molar-refractivity contribution in [2.75, 3.05) is 11.5 Å². The van der Waals surface area contributed by atoms with Gasteiger partial charge in [0.05, 0.1) is 6.42 Å². The molecule has 1 aromatic rings. The fourth-order valence-electron chi connectivity index (χ4n) is 2.85. The summed E-state index contributed by atoms with van der Waals surface area (Å²) in [7, 11) is 0. The summed E-state index contributed by atoms with van der Waals surface area (Å²) in [6.07, 6.45) is 2.69. The lowest BCUT2D eigenvalue weighted by molar-refractivity contribution is -0.137. The van der Waals surface area contributed by atoms with Gasteiger partial charge in [0.25, 0.3) is 0 Å². The molecule has 0 radical (unpaired) electrons. The first-order valence-corrected chi connectivity index (χ1v) is 7.79. The molecule has 18 heavy (non-hydrogen) atoms. The van der Waals surface area contributed by atoms with Crippen LogP contribution in [0.5, 0.6) is 0 Å². The molecule has 3 heteroatoms. The van der Waals surface area contributed by atoms with E-state index in [1.807, 2.05) is 11.8 Å². The molecule has 1 saturated heterocycles. The van der Waals surface area contributed by atoms with Crippen LogP contribution in [0.25, 0.3) is 0 Å². The number of hydrogen-bond donors (Lipinski definition) is 1. The van der Waals surface area contributed by atoms with Crippen molar-refractivity contribution in [1.29, 1.82) is 0 Å². The van der Waals surface area contributed by atoms with Crippen LogP contribution in [0, 0.1) is 5.92 Å². The molecule has 0 spiro atoms. The van der Waals surface area contributed by atoms with Crippen LogP contribution in [-0.4, -0.2) is 22.6 Å². The minimum Gasteiger partial charge on any atom is -0.481 e. The fraction of sp³-hybridized carbons (Fsp3) is 0.533. The molecule has 1 N–H and O–H groups in total. The lowest BCUT2D eigenvalue weighted by Gasteiger charge is -2.29. The average Bonchev–Trinajstić information content (AvgIpc) is 3.08. The Hall–Kier alpha value is -0.960. The molecule has 1 aromatic carbocycles. The predicted octanol–water partition coefficient (Wildman–Crippen LogP) is 3.49. The summed E-state index contributed by atoms with van der Waals surface area (Å²) < 4.78 is 0. The monoisotopic (exact) mass is 262 g/mol. The van der Waals surface area contributed by atoms with Crippen molar-refractivity contribution in [1.82, 2.24) is 0 Å². The number of benzene rings is 1. The van der Waals surface area contributed by atoms with Gasteiger partial charge in [0.2, 0.25) is 0 Å². The first kappa shape index (κ1) is 12.1. The zero-order valence-corrected chi connectivity index (χ0v) is 11.2. The van der Waals surface area contributed by atoms with Crippen molar-refractivity contribution in [2.45, 2.75) is 31.1 Å². The Kier molecular flexibility index (Phi) is 3.33. The van der Waals surface area contributed by atoms with Gasteiger partial charge in [-0.15, -0.1) is 0 Å². The maximum atomic E-state index is 11.1. The third kappa shape index (κ3) is 2.41. The van der Waals surface area contributed by atoms with E-state index in [0.717, 1.165) is 0 Å². The third-order valence-electron chi connectivity index (χ3n) is 4.06. The maximum absolute atomic E-state index is 11.1. The molecule has 1 atom stereocenters. The molecule has 96 valence electrons. The van der Waals surface area contributed by atoms with E-state index in [2.05, 4.69) is 24.3 Å². The van der Waals surface area contributed by atoms with Gasteiger partial charge in [-0.25, -0.2) is 0 Å². The molecule has 0 amide bonds. The number of aliphatic carboxylic acids is 1. The van der Waals surface area contributed by atoms with Crippen LogP contribution in [0.1, 0.15) is 42.2 Å². The molecule has 1 heterocycles. The van der Waals surface area contributed by atoms with Gasteiger partial charge in [0.15, 0.2) is 0 Å². The quantitative estimate of drug-likeness (QED) is 0.882. The molecule has 0 aromatic heterocycles. The first-order valence-electron chi connectivity index (χ1n) is 6.64. The summed E-state index contributed by atoms with van der Waals surface area (Å²) in [5.41, 5.74) is 2.72. The minimum atomic E-state index is -0.662. The van der Waals surface area contributed by atoms with Crippen molar-refractivity contribution in [2.24, 2.45) is 5.92 Å². The normalized spacial score (nSPS) is 21.3. The Labute approximate surface area is 112 Å². The number of carbonyl (C=O) groups is 1. The second-order valence-corrected chi connectivity index (χ2v) is 6.48. The highest BCUT2D eigenvalue weighted by molar-refractivity contribution is 8.00. The molecule has 2 fully saturated rings. The van der Waals surface area contributed by atoms with E-state index in [-0.39, 0.29) is 5.92 Å². The molecule has 1 saturated carbocycles. The van der Waals surface area contributed by atoms with Crippen molar-refractivity contribution < 1.29 is 9.90 Å². The first-order chi connectivity index (χ1) is 8.75. The molecule has 2 nitrogen and oxygen atoms in total. The Morgan fingerprint density at radius 3 is 2.61 bits per heavy atom. The Balaban J connectivity index is 1.90. The van der Waals surface area contributed by atoms with Gasteiger partial charge in [-0.2, -0.15) is 11.8 Å². The molecule has 1 unspecified atom stereocenters. The summed E-state index contributed by atoms with van der Waals surface area (Å²) in [5, 5.41) is 9.12. The summed E-state index contributed by atoms with van der Waals surface area (Å²) in [6.45, 7) is 0. The zero-order valence-electron chi connectivity index (χ0n) is 10.3. The van der Waals surface area contributed by atoms with Gasteiger partial charge in [-0.1, -0.05) is 24.3 Å². The van der Waals surface area contributed by atoms with Gasteiger partial charge < -0.3 is 5.11 Å².